The van der Waals surface area contributed by atoms with Crippen LogP contribution in [-0.2, 0) is 15.8 Å². The van der Waals surface area contributed by atoms with Crippen molar-refractivity contribution in [3.63, 3.8) is 0 Å². The van der Waals surface area contributed by atoms with Gasteiger partial charge >= 0.3 is 6.18 Å². The van der Waals surface area contributed by atoms with Gasteiger partial charge in [-0.25, -0.2) is 0 Å². The average Bonchev–Trinajstić information content (AvgIpc) is 3.12. The largest absolute Gasteiger partial charge is 0.493 e. The number of carbonyl (C=O) groups excluding carboxylic acids is 2. The normalized spacial score (nSPS) is 13.9. The summed E-state index contributed by atoms with van der Waals surface area (Å²) in [5, 5.41) is 5.64. The SMILES string of the molecule is COc1cc(C=C2C(=O)Nc3ccc(Cl)cc32)ccc1OCC(=O)Nc1cccc(C(F)(F)F)c1. The number of ether oxygens (including phenoxy) is 2. The molecule has 0 aromatic heterocycles. The highest BCUT2D eigenvalue weighted by Gasteiger charge is 2.30. The Labute approximate surface area is 203 Å². The molecule has 1 aliphatic rings. The van der Waals surface area contributed by atoms with Gasteiger partial charge in [-0.2, -0.15) is 13.2 Å². The quantitative estimate of drug-likeness (QED) is 0.413. The second kappa shape index (κ2) is 9.71. The molecule has 3 aromatic carbocycles. The highest BCUT2D eigenvalue weighted by atomic mass is 35.5. The van der Waals surface area contributed by atoms with Crippen molar-refractivity contribution in [1.82, 2.24) is 0 Å². The monoisotopic (exact) mass is 502 g/mol. The lowest BCUT2D eigenvalue weighted by atomic mass is 10.0. The fourth-order valence-electron chi connectivity index (χ4n) is 3.48. The Balaban J connectivity index is 1.46. The minimum absolute atomic E-state index is 0.00223. The summed E-state index contributed by atoms with van der Waals surface area (Å²) in [5.74, 6) is -0.370. The van der Waals surface area contributed by atoms with Gasteiger partial charge in [0.15, 0.2) is 18.1 Å². The molecule has 0 radical (unpaired) electrons. The predicted molar refractivity (Wildman–Crippen MR) is 127 cm³/mol. The van der Waals surface area contributed by atoms with Crippen LogP contribution in [0.5, 0.6) is 11.5 Å². The lowest BCUT2D eigenvalue weighted by Crippen LogP contribution is -2.20. The Hall–Kier alpha value is -3.98. The van der Waals surface area contributed by atoms with Gasteiger partial charge in [-0.15, -0.1) is 0 Å². The average molecular weight is 503 g/mol. The fourth-order valence-corrected chi connectivity index (χ4v) is 3.65. The van der Waals surface area contributed by atoms with Crippen LogP contribution in [0.3, 0.4) is 0 Å². The minimum Gasteiger partial charge on any atom is -0.493 e. The lowest BCUT2D eigenvalue weighted by Gasteiger charge is -2.13. The maximum atomic E-state index is 12.8. The predicted octanol–water partition coefficient (Wildman–Crippen LogP) is 5.88. The number of halogens is 4. The van der Waals surface area contributed by atoms with Crippen LogP contribution >= 0.6 is 11.6 Å². The summed E-state index contributed by atoms with van der Waals surface area (Å²) in [5.41, 5.74) is 1.53. The van der Waals surface area contributed by atoms with Crippen LogP contribution in [0, 0.1) is 0 Å². The first-order valence-corrected chi connectivity index (χ1v) is 10.6. The molecule has 0 spiro atoms. The van der Waals surface area contributed by atoms with Crippen molar-refractivity contribution in [2.75, 3.05) is 24.4 Å². The third-order valence-electron chi connectivity index (χ3n) is 5.10. The summed E-state index contributed by atoms with van der Waals surface area (Å²) in [7, 11) is 1.42. The molecule has 1 heterocycles. The van der Waals surface area contributed by atoms with Crippen molar-refractivity contribution in [3.8, 4) is 11.5 Å². The van der Waals surface area contributed by atoms with E-state index in [1.54, 1.807) is 42.5 Å². The molecular weight excluding hydrogens is 485 g/mol. The molecule has 3 aromatic rings. The zero-order valence-electron chi connectivity index (χ0n) is 18.2. The van der Waals surface area contributed by atoms with E-state index in [2.05, 4.69) is 10.6 Å². The Morgan fingerprint density at radius 2 is 1.89 bits per heavy atom. The van der Waals surface area contributed by atoms with Crippen molar-refractivity contribution < 1.29 is 32.2 Å². The van der Waals surface area contributed by atoms with Gasteiger partial charge in [0, 0.05) is 27.5 Å². The van der Waals surface area contributed by atoms with Crippen LogP contribution < -0.4 is 20.1 Å². The van der Waals surface area contributed by atoms with Gasteiger partial charge < -0.3 is 20.1 Å². The van der Waals surface area contributed by atoms with Crippen LogP contribution in [0.1, 0.15) is 16.7 Å². The molecule has 1 aliphatic heterocycles. The van der Waals surface area contributed by atoms with E-state index < -0.39 is 24.3 Å². The van der Waals surface area contributed by atoms with Crippen molar-refractivity contribution in [2.45, 2.75) is 6.18 Å². The summed E-state index contributed by atoms with van der Waals surface area (Å²) < 4.78 is 49.4. The van der Waals surface area contributed by atoms with Crippen molar-refractivity contribution in [2.24, 2.45) is 0 Å². The van der Waals surface area contributed by atoms with E-state index >= 15 is 0 Å². The molecule has 2 amide bonds. The number of anilines is 2. The zero-order valence-corrected chi connectivity index (χ0v) is 19.0. The topological polar surface area (TPSA) is 76.7 Å². The molecule has 0 aliphatic carbocycles. The first-order valence-electron chi connectivity index (χ1n) is 10.2. The van der Waals surface area contributed by atoms with Gasteiger partial charge in [-0.1, -0.05) is 23.7 Å². The van der Waals surface area contributed by atoms with Crippen molar-refractivity contribution in [1.29, 1.82) is 0 Å². The van der Waals surface area contributed by atoms with Gasteiger partial charge in [0.2, 0.25) is 0 Å². The van der Waals surface area contributed by atoms with Gasteiger partial charge in [0.1, 0.15) is 0 Å². The van der Waals surface area contributed by atoms with E-state index in [1.165, 1.54) is 19.2 Å². The fraction of sp³-hybridized carbons (Fsp3) is 0.120. The lowest BCUT2D eigenvalue weighted by molar-refractivity contribution is -0.137. The first-order chi connectivity index (χ1) is 16.6. The third kappa shape index (κ3) is 5.58. The molecule has 0 saturated carbocycles. The summed E-state index contributed by atoms with van der Waals surface area (Å²) in [4.78, 5) is 24.6. The number of hydrogen-bond donors (Lipinski definition) is 2. The maximum absolute atomic E-state index is 12.8. The smallest absolute Gasteiger partial charge is 0.416 e. The number of methoxy groups -OCH3 is 1. The number of nitrogens with one attached hydrogen (secondary N) is 2. The zero-order chi connectivity index (χ0) is 25.2. The molecular formula is C25H18ClF3N2O4. The number of benzene rings is 3. The Morgan fingerprint density at radius 1 is 1.09 bits per heavy atom. The molecule has 4 rings (SSSR count). The van der Waals surface area contributed by atoms with Crippen molar-refractivity contribution in [3.05, 3.63) is 82.4 Å². The highest BCUT2D eigenvalue weighted by molar-refractivity contribution is 6.36. The minimum atomic E-state index is -4.52. The van der Waals surface area contributed by atoms with Crippen LogP contribution in [0.25, 0.3) is 11.6 Å². The van der Waals surface area contributed by atoms with Crippen LogP contribution in [0.4, 0.5) is 24.5 Å². The molecule has 0 fully saturated rings. The molecule has 10 heteroatoms. The molecule has 0 bridgehead atoms. The number of carbonyl (C=O) groups is 2. The molecule has 180 valence electrons. The van der Waals surface area contributed by atoms with E-state index in [4.69, 9.17) is 21.1 Å². The Bertz CT molecular complexity index is 1340. The van der Waals surface area contributed by atoms with Crippen LogP contribution in [0.15, 0.2) is 60.7 Å². The van der Waals surface area contributed by atoms with E-state index in [9.17, 15) is 22.8 Å². The van der Waals surface area contributed by atoms with E-state index in [0.717, 1.165) is 12.1 Å². The molecule has 0 unspecified atom stereocenters. The second-order valence-corrected chi connectivity index (χ2v) is 7.96. The summed E-state index contributed by atoms with van der Waals surface area (Å²) in [6.07, 6.45) is -2.85. The number of amides is 2. The molecule has 0 atom stereocenters. The number of fused-ring (bicyclic) bond motifs is 1. The van der Waals surface area contributed by atoms with Crippen LogP contribution in [-0.4, -0.2) is 25.5 Å². The van der Waals surface area contributed by atoms with Gasteiger partial charge in [-0.3, -0.25) is 9.59 Å². The van der Waals surface area contributed by atoms with Crippen molar-refractivity contribution >= 4 is 46.4 Å². The Kier molecular flexibility index (Phi) is 6.70. The van der Waals surface area contributed by atoms with Gasteiger partial charge in [-0.05, 0) is 60.2 Å². The van der Waals surface area contributed by atoms with Gasteiger partial charge in [0.05, 0.1) is 12.7 Å². The third-order valence-corrected chi connectivity index (χ3v) is 5.33. The number of hydrogen-bond acceptors (Lipinski definition) is 4. The van der Waals surface area contributed by atoms with E-state index in [0.29, 0.717) is 33.2 Å². The number of alkyl halides is 3. The van der Waals surface area contributed by atoms with Crippen LogP contribution in [0.2, 0.25) is 5.02 Å². The van der Waals surface area contributed by atoms with Gasteiger partial charge in [0.25, 0.3) is 11.8 Å². The summed E-state index contributed by atoms with van der Waals surface area (Å²) in [6, 6.07) is 14.3. The molecule has 6 nitrogen and oxygen atoms in total. The maximum Gasteiger partial charge on any atom is 0.416 e. The summed E-state index contributed by atoms with van der Waals surface area (Å²) in [6.45, 7) is -0.457. The Morgan fingerprint density at radius 3 is 2.63 bits per heavy atom. The highest BCUT2D eigenvalue weighted by Crippen LogP contribution is 2.36. The van der Waals surface area contributed by atoms with E-state index in [-0.39, 0.29) is 17.3 Å². The molecule has 2 N–H and O–H groups in total. The second-order valence-electron chi connectivity index (χ2n) is 7.53. The number of rotatable bonds is 6. The first kappa shape index (κ1) is 24.2. The summed E-state index contributed by atoms with van der Waals surface area (Å²) >= 11 is 6.06. The molecule has 35 heavy (non-hydrogen) atoms. The van der Waals surface area contributed by atoms with E-state index in [1.807, 2.05) is 0 Å². The standard InChI is InChI=1S/C25H18ClF3N2O4/c1-34-22-10-14(9-19-18-12-16(26)6-7-20(18)31-24(19)33)5-8-21(22)35-13-23(32)30-17-4-2-3-15(11-17)25(27,28)29/h2-12H,13H2,1H3,(H,30,32)(H,31,33). The molecule has 0 saturated heterocycles.